The van der Waals surface area contributed by atoms with Crippen molar-refractivity contribution in [3.63, 3.8) is 0 Å². The number of nitrogens with two attached hydrogens (primary N) is 1. The van der Waals surface area contributed by atoms with E-state index >= 15 is 0 Å². The van der Waals surface area contributed by atoms with Gasteiger partial charge in [0.15, 0.2) is 0 Å². The zero-order valence-corrected chi connectivity index (χ0v) is 14.3. The Kier molecular flexibility index (Phi) is 5.96. The Morgan fingerprint density at radius 3 is 2.50 bits per heavy atom. The van der Waals surface area contributed by atoms with Crippen molar-refractivity contribution < 1.29 is 0 Å². The van der Waals surface area contributed by atoms with E-state index in [-0.39, 0.29) is 6.04 Å². The van der Waals surface area contributed by atoms with E-state index in [4.69, 9.17) is 18.0 Å². The van der Waals surface area contributed by atoms with Crippen LogP contribution in [-0.2, 0) is 6.54 Å². The largest absolute Gasteiger partial charge is 0.392 e. The first-order chi connectivity index (χ1) is 9.61. The number of hydrogen-bond acceptors (Lipinski definition) is 3. The average Bonchev–Trinajstić information content (AvgIpc) is 2.43. The van der Waals surface area contributed by atoms with Crippen molar-refractivity contribution in [1.82, 2.24) is 9.80 Å². The first kappa shape index (κ1) is 15.9. The standard InChI is InChI=1S/C15H22BrN3S/c1-2-14(15(17)20)19-9-7-18(8-10-19)11-12-5-3-4-6-13(12)16/h3-6,14H,2,7-11H2,1H3,(H2,17,20). The summed E-state index contributed by atoms with van der Waals surface area (Å²) >= 11 is 8.78. The van der Waals surface area contributed by atoms with Crippen LogP contribution in [0.5, 0.6) is 0 Å². The number of hydrogen-bond donors (Lipinski definition) is 1. The Morgan fingerprint density at radius 2 is 1.95 bits per heavy atom. The van der Waals surface area contributed by atoms with Crippen molar-refractivity contribution in [2.24, 2.45) is 5.73 Å². The molecule has 110 valence electrons. The Morgan fingerprint density at radius 1 is 1.30 bits per heavy atom. The molecule has 20 heavy (non-hydrogen) atoms. The number of benzene rings is 1. The highest BCUT2D eigenvalue weighted by Gasteiger charge is 2.24. The summed E-state index contributed by atoms with van der Waals surface area (Å²) in [5, 5.41) is 0. The molecule has 1 aliphatic heterocycles. The number of thiocarbonyl (C=S) groups is 1. The molecule has 0 radical (unpaired) electrons. The van der Waals surface area contributed by atoms with Crippen LogP contribution in [0.4, 0.5) is 0 Å². The molecule has 0 aliphatic carbocycles. The highest BCUT2D eigenvalue weighted by Crippen LogP contribution is 2.19. The summed E-state index contributed by atoms with van der Waals surface area (Å²) in [5.74, 6) is 0. The average molecular weight is 356 g/mol. The highest BCUT2D eigenvalue weighted by atomic mass is 79.9. The van der Waals surface area contributed by atoms with Crippen molar-refractivity contribution in [2.45, 2.75) is 25.9 Å². The van der Waals surface area contributed by atoms with E-state index in [0.717, 1.165) is 39.1 Å². The minimum Gasteiger partial charge on any atom is -0.392 e. The highest BCUT2D eigenvalue weighted by molar-refractivity contribution is 9.10. The van der Waals surface area contributed by atoms with Crippen LogP contribution in [0.3, 0.4) is 0 Å². The maximum Gasteiger partial charge on any atom is 0.0901 e. The first-order valence-corrected chi connectivity index (χ1v) is 8.31. The van der Waals surface area contributed by atoms with Gasteiger partial charge in [-0.15, -0.1) is 0 Å². The lowest BCUT2D eigenvalue weighted by atomic mass is 10.1. The molecule has 3 nitrogen and oxygen atoms in total. The minimum atomic E-state index is 0.260. The number of nitrogens with zero attached hydrogens (tertiary/aromatic N) is 2. The summed E-state index contributed by atoms with van der Waals surface area (Å²) in [4.78, 5) is 5.54. The summed E-state index contributed by atoms with van der Waals surface area (Å²) in [6.45, 7) is 7.37. The molecule has 1 aliphatic rings. The van der Waals surface area contributed by atoms with Gasteiger partial charge in [0.2, 0.25) is 0 Å². The van der Waals surface area contributed by atoms with Crippen molar-refractivity contribution in [1.29, 1.82) is 0 Å². The van der Waals surface area contributed by atoms with E-state index < -0.39 is 0 Å². The van der Waals surface area contributed by atoms with Crippen molar-refractivity contribution >= 4 is 33.1 Å². The second-order valence-electron chi connectivity index (χ2n) is 5.23. The summed E-state index contributed by atoms with van der Waals surface area (Å²) in [5.41, 5.74) is 7.18. The van der Waals surface area contributed by atoms with Gasteiger partial charge in [0, 0.05) is 37.2 Å². The molecular formula is C15H22BrN3S. The molecule has 1 heterocycles. The van der Waals surface area contributed by atoms with Crippen LogP contribution >= 0.6 is 28.1 Å². The second kappa shape index (κ2) is 7.50. The number of rotatable bonds is 5. The maximum absolute atomic E-state index is 5.83. The van der Waals surface area contributed by atoms with Gasteiger partial charge >= 0.3 is 0 Å². The molecule has 2 N–H and O–H groups in total. The lowest BCUT2D eigenvalue weighted by molar-refractivity contribution is 0.111. The third-order valence-electron chi connectivity index (χ3n) is 3.91. The quantitative estimate of drug-likeness (QED) is 0.823. The lowest BCUT2D eigenvalue weighted by Gasteiger charge is -2.38. The summed E-state index contributed by atoms with van der Waals surface area (Å²) in [7, 11) is 0. The van der Waals surface area contributed by atoms with Gasteiger partial charge in [0.25, 0.3) is 0 Å². The number of piperazine rings is 1. The van der Waals surface area contributed by atoms with Crippen LogP contribution in [0.15, 0.2) is 28.7 Å². The van der Waals surface area contributed by atoms with Gasteiger partial charge in [-0.05, 0) is 18.1 Å². The molecule has 1 unspecified atom stereocenters. The number of halogens is 1. The fourth-order valence-electron chi connectivity index (χ4n) is 2.74. The summed E-state index contributed by atoms with van der Waals surface area (Å²) in [6, 6.07) is 8.69. The Bertz CT molecular complexity index is 458. The smallest absolute Gasteiger partial charge is 0.0901 e. The molecule has 1 saturated heterocycles. The molecule has 0 saturated carbocycles. The van der Waals surface area contributed by atoms with Crippen LogP contribution in [0.1, 0.15) is 18.9 Å². The third kappa shape index (κ3) is 4.01. The molecule has 1 aromatic rings. The van der Waals surface area contributed by atoms with Crippen molar-refractivity contribution in [3.05, 3.63) is 34.3 Å². The van der Waals surface area contributed by atoms with E-state index in [0.29, 0.717) is 4.99 Å². The molecule has 0 spiro atoms. The molecule has 0 bridgehead atoms. The van der Waals surface area contributed by atoms with Gasteiger partial charge in [-0.2, -0.15) is 0 Å². The van der Waals surface area contributed by atoms with Crippen LogP contribution in [0.25, 0.3) is 0 Å². The van der Waals surface area contributed by atoms with Crippen LogP contribution in [-0.4, -0.2) is 47.0 Å². The first-order valence-electron chi connectivity index (χ1n) is 7.11. The lowest BCUT2D eigenvalue weighted by Crippen LogP contribution is -2.53. The van der Waals surface area contributed by atoms with Gasteiger partial charge in [0.1, 0.15) is 0 Å². The van der Waals surface area contributed by atoms with Gasteiger partial charge in [-0.25, -0.2) is 0 Å². The van der Waals surface area contributed by atoms with E-state index in [1.54, 1.807) is 0 Å². The SMILES string of the molecule is CCC(C(N)=S)N1CCN(Cc2ccccc2Br)CC1. The predicted octanol–water partition coefficient (Wildman–Crippen LogP) is 2.63. The van der Waals surface area contributed by atoms with Crippen molar-refractivity contribution in [2.75, 3.05) is 26.2 Å². The molecule has 0 amide bonds. The molecule has 1 atom stereocenters. The van der Waals surface area contributed by atoms with Gasteiger partial charge < -0.3 is 5.73 Å². The molecule has 0 aromatic heterocycles. The van der Waals surface area contributed by atoms with Gasteiger partial charge in [-0.1, -0.05) is 53.3 Å². The van der Waals surface area contributed by atoms with E-state index in [9.17, 15) is 0 Å². The van der Waals surface area contributed by atoms with Crippen LogP contribution in [0, 0.1) is 0 Å². The van der Waals surface area contributed by atoms with E-state index in [1.807, 2.05) is 0 Å². The van der Waals surface area contributed by atoms with E-state index in [2.05, 4.69) is 56.9 Å². The minimum absolute atomic E-state index is 0.260. The second-order valence-corrected chi connectivity index (χ2v) is 6.56. The van der Waals surface area contributed by atoms with E-state index in [1.165, 1.54) is 10.0 Å². The maximum atomic E-state index is 5.83. The zero-order valence-electron chi connectivity index (χ0n) is 11.9. The topological polar surface area (TPSA) is 32.5 Å². The summed E-state index contributed by atoms with van der Waals surface area (Å²) in [6.07, 6.45) is 1.000. The normalized spacial score (nSPS) is 18.9. The molecule has 1 fully saturated rings. The van der Waals surface area contributed by atoms with Crippen molar-refractivity contribution in [3.8, 4) is 0 Å². The third-order valence-corrected chi connectivity index (χ3v) is 4.96. The Labute approximate surface area is 135 Å². The van der Waals surface area contributed by atoms with Gasteiger partial charge in [0.05, 0.1) is 11.0 Å². The van der Waals surface area contributed by atoms with Crippen LogP contribution < -0.4 is 5.73 Å². The monoisotopic (exact) mass is 355 g/mol. The fourth-order valence-corrected chi connectivity index (χ4v) is 3.47. The molecule has 5 heteroatoms. The summed E-state index contributed by atoms with van der Waals surface area (Å²) < 4.78 is 1.19. The Balaban J connectivity index is 1.88. The fraction of sp³-hybridized carbons (Fsp3) is 0.533. The molecular weight excluding hydrogens is 334 g/mol. The molecule has 2 rings (SSSR count). The predicted molar refractivity (Wildman–Crippen MR) is 91.9 cm³/mol. The Hall–Kier alpha value is -0.490. The zero-order chi connectivity index (χ0) is 14.5. The van der Waals surface area contributed by atoms with Crippen LogP contribution in [0.2, 0.25) is 0 Å². The van der Waals surface area contributed by atoms with Gasteiger partial charge in [-0.3, -0.25) is 9.80 Å². The molecule has 1 aromatic carbocycles.